The highest BCUT2D eigenvalue weighted by Crippen LogP contribution is 2.15. The fourth-order valence-electron chi connectivity index (χ4n) is 3.53. The first-order chi connectivity index (χ1) is 14.5. The number of carbonyl (C=O) groups is 1. The van der Waals surface area contributed by atoms with Crippen molar-refractivity contribution in [1.29, 1.82) is 0 Å². The minimum absolute atomic E-state index is 0.179. The summed E-state index contributed by atoms with van der Waals surface area (Å²) in [4.78, 5) is 11.2. The van der Waals surface area contributed by atoms with Crippen LogP contribution in [-0.4, -0.2) is 20.9 Å². The van der Waals surface area contributed by atoms with E-state index in [2.05, 4.69) is 17.0 Å². The van der Waals surface area contributed by atoms with Gasteiger partial charge in [0.15, 0.2) is 0 Å². The first kappa shape index (κ1) is 26.6. The molecule has 172 valence electrons. The number of hydrogen-bond acceptors (Lipinski definition) is 3. The van der Waals surface area contributed by atoms with E-state index < -0.39 is 10.0 Å². The first-order valence-corrected chi connectivity index (χ1v) is 13.3. The monoisotopic (exact) mass is 438 g/mol. The number of hydrogen-bond donors (Lipinski definition) is 2. The van der Waals surface area contributed by atoms with Crippen LogP contribution in [0.25, 0.3) is 0 Å². The Morgan fingerprint density at radius 2 is 1.17 bits per heavy atom. The van der Waals surface area contributed by atoms with Crippen molar-refractivity contribution in [2.45, 2.75) is 109 Å². The van der Waals surface area contributed by atoms with Gasteiger partial charge in [0, 0.05) is 19.2 Å². The molecule has 1 aromatic carbocycles. The molecule has 0 aliphatic carbocycles. The molecular formula is C24H42N2O3S. The molecule has 0 saturated heterocycles. The van der Waals surface area contributed by atoms with Crippen LogP contribution in [0.1, 0.15) is 104 Å². The Bertz CT molecular complexity index is 672. The Morgan fingerprint density at radius 1 is 0.733 bits per heavy atom. The fourth-order valence-corrected chi connectivity index (χ4v) is 4.60. The molecule has 2 N–H and O–H groups in total. The summed E-state index contributed by atoms with van der Waals surface area (Å²) in [6, 6.07) is 6.22. The van der Waals surface area contributed by atoms with Crippen molar-refractivity contribution < 1.29 is 13.2 Å². The van der Waals surface area contributed by atoms with Gasteiger partial charge in [-0.05, 0) is 30.7 Å². The predicted molar refractivity (Wildman–Crippen MR) is 126 cm³/mol. The molecule has 1 aromatic rings. The predicted octanol–water partition coefficient (Wildman–Crippen LogP) is 6.40. The van der Waals surface area contributed by atoms with Crippen molar-refractivity contribution in [3.63, 3.8) is 0 Å². The number of carbonyl (C=O) groups excluding carboxylic acids is 1. The molecule has 0 heterocycles. The summed E-state index contributed by atoms with van der Waals surface area (Å²) in [6.45, 7) is 4.14. The van der Waals surface area contributed by atoms with Gasteiger partial charge in [0.2, 0.25) is 15.9 Å². The molecule has 0 aliphatic heterocycles. The maximum absolute atomic E-state index is 12.3. The van der Waals surface area contributed by atoms with E-state index in [1.165, 1.54) is 96.1 Å². The topological polar surface area (TPSA) is 75.3 Å². The Labute approximate surface area is 184 Å². The Kier molecular flexibility index (Phi) is 14.5. The van der Waals surface area contributed by atoms with E-state index in [9.17, 15) is 13.2 Å². The van der Waals surface area contributed by atoms with E-state index in [1.807, 2.05) is 0 Å². The van der Waals surface area contributed by atoms with Crippen LogP contribution in [-0.2, 0) is 14.8 Å². The molecule has 1 amide bonds. The number of amides is 1. The van der Waals surface area contributed by atoms with Gasteiger partial charge in [-0.25, -0.2) is 13.1 Å². The average Bonchev–Trinajstić information content (AvgIpc) is 2.71. The summed E-state index contributed by atoms with van der Waals surface area (Å²) in [5, 5.41) is 2.63. The second-order valence-corrected chi connectivity index (χ2v) is 9.97. The normalized spacial score (nSPS) is 11.5. The third-order valence-corrected chi connectivity index (χ3v) is 6.78. The minimum Gasteiger partial charge on any atom is -0.326 e. The molecule has 0 aromatic heterocycles. The molecule has 5 nitrogen and oxygen atoms in total. The maximum Gasteiger partial charge on any atom is 0.240 e. The lowest BCUT2D eigenvalue weighted by Crippen LogP contribution is -2.24. The van der Waals surface area contributed by atoms with E-state index in [0.717, 1.165) is 12.8 Å². The quantitative estimate of drug-likeness (QED) is 0.260. The molecule has 6 heteroatoms. The van der Waals surface area contributed by atoms with Gasteiger partial charge >= 0.3 is 0 Å². The van der Waals surface area contributed by atoms with E-state index >= 15 is 0 Å². The van der Waals surface area contributed by atoms with Gasteiger partial charge in [0.05, 0.1) is 4.90 Å². The molecule has 0 saturated carbocycles. The lowest BCUT2D eigenvalue weighted by atomic mass is 10.0. The van der Waals surface area contributed by atoms with Crippen LogP contribution in [0.5, 0.6) is 0 Å². The van der Waals surface area contributed by atoms with Gasteiger partial charge in [-0.2, -0.15) is 0 Å². The zero-order chi connectivity index (χ0) is 22.1. The summed E-state index contributed by atoms with van der Waals surface area (Å²) in [5.41, 5.74) is 0.591. The highest BCUT2D eigenvalue weighted by molar-refractivity contribution is 7.89. The molecule has 0 bridgehead atoms. The van der Waals surface area contributed by atoms with Gasteiger partial charge < -0.3 is 5.32 Å². The molecule has 0 spiro atoms. The fraction of sp³-hybridized carbons (Fsp3) is 0.708. The van der Waals surface area contributed by atoms with Crippen molar-refractivity contribution >= 4 is 21.6 Å². The van der Waals surface area contributed by atoms with Gasteiger partial charge in [-0.1, -0.05) is 90.4 Å². The smallest absolute Gasteiger partial charge is 0.240 e. The van der Waals surface area contributed by atoms with E-state index in [4.69, 9.17) is 0 Å². The Morgan fingerprint density at radius 3 is 1.60 bits per heavy atom. The molecule has 0 unspecified atom stereocenters. The highest BCUT2D eigenvalue weighted by Gasteiger charge is 2.13. The van der Waals surface area contributed by atoms with Crippen LogP contribution < -0.4 is 10.0 Å². The van der Waals surface area contributed by atoms with E-state index in [-0.39, 0.29) is 10.8 Å². The second kappa shape index (κ2) is 16.3. The van der Waals surface area contributed by atoms with Crippen molar-refractivity contribution in [2.75, 3.05) is 11.9 Å². The van der Waals surface area contributed by atoms with Crippen LogP contribution in [0.15, 0.2) is 29.2 Å². The van der Waals surface area contributed by atoms with Crippen LogP contribution in [0, 0.1) is 0 Å². The third-order valence-electron chi connectivity index (χ3n) is 5.31. The zero-order valence-electron chi connectivity index (χ0n) is 19.0. The Hall–Kier alpha value is -1.40. The van der Waals surface area contributed by atoms with Gasteiger partial charge in [-0.15, -0.1) is 0 Å². The summed E-state index contributed by atoms with van der Waals surface area (Å²) in [7, 11) is -3.49. The summed E-state index contributed by atoms with van der Waals surface area (Å²) < 4.78 is 27.3. The molecule has 0 aliphatic rings. The van der Waals surface area contributed by atoms with Crippen molar-refractivity contribution in [2.24, 2.45) is 0 Å². The van der Waals surface area contributed by atoms with Gasteiger partial charge in [0.25, 0.3) is 0 Å². The zero-order valence-corrected chi connectivity index (χ0v) is 19.9. The molecule has 30 heavy (non-hydrogen) atoms. The molecular weight excluding hydrogens is 396 g/mol. The van der Waals surface area contributed by atoms with Gasteiger partial charge in [-0.3, -0.25) is 4.79 Å². The number of unbranched alkanes of at least 4 members (excludes halogenated alkanes) is 13. The van der Waals surface area contributed by atoms with Gasteiger partial charge in [0.1, 0.15) is 0 Å². The summed E-state index contributed by atoms with van der Waals surface area (Å²) >= 11 is 0. The highest BCUT2D eigenvalue weighted by atomic mass is 32.2. The second-order valence-electron chi connectivity index (χ2n) is 8.20. The number of nitrogens with one attached hydrogen (secondary N) is 2. The lowest BCUT2D eigenvalue weighted by molar-refractivity contribution is -0.114. The largest absolute Gasteiger partial charge is 0.326 e. The average molecular weight is 439 g/mol. The van der Waals surface area contributed by atoms with Crippen LogP contribution in [0.4, 0.5) is 5.69 Å². The van der Waals surface area contributed by atoms with E-state index in [1.54, 1.807) is 12.1 Å². The molecule has 0 atom stereocenters. The molecule has 0 fully saturated rings. The maximum atomic E-state index is 12.3. The standard InChI is InChI=1S/C24H42N2O3S/c1-3-4-5-6-7-8-9-10-11-12-13-14-15-16-21-25-30(28,29)24-19-17-23(18-20-24)26-22(2)27/h17-20,25H,3-16,21H2,1-2H3,(H,26,27). The summed E-state index contributed by atoms with van der Waals surface area (Å²) in [6.07, 6.45) is 18.0. The van der Waals surface area contributed by atoms with Crippen molar-refractivity contribution in [1.82, 2.24) is 4.72 Å². The van der Waals surface area contributed by atoms with Crippen LogP contribution in [0.2, 0.25) is 0 Å². The summed E-state index contributed by atoms with van der Waals surface area (Å²) in [5.74, 6) is -0.179. The van der Waals surface area contributed by atoms with Crippen molar-refractivity contribution in [3.05, 3.63) is 24.3 Å². The van der Waals surface area contributed by atoms with Crippen LogP contribution >= 0.6 is 0 Å². The number of benzene rings is 1. The third kappa shape index (κ3) is 13.0. The number of sulfonamides is 1. The molecule has 1 rings (SSSR count). The van der Waals surface area contributed by atoms with Crippen molar-refractivity contribution in [3.8, 4) is 0 Å². The van der Waals surface area contributed by atoms with E-state index in [0.29, 0.717) is 12.2 Å². The van der Waals surface area contributed by atoms with Crippen LogP contribution in [0.3, 0.4) is 0 Å². The Balaban J connectivity index is 2.01. The first-order valence-electron chi connectivity index (χ1n) is 11.8. The number of rotatable bonds is 18. The molecule has 0 radical (unpaired) electrons. The minimum atomic E-state index is -3.49. The number of anilines is 1. The SMILES string of the molecule is CCCCCCCCCCCCCCCCNS(=O)(=O)c1ccc(NC(C)=O)cc1. The lowest BCUT2D eigenvalue weighted by Gasteiger charge is -2.08.